The number of hydrogen-bond acceptors (Lipinski definition) is 4. The first-order valence-corrected chi connectivity index (χ1v) is 7.78. The van der Waals surface area contributed by atoms with Gasteiger partial charge in [-0.25, -0.2) is 4.79 Å². The average Bonchev–Trinajstić information content (AvgIpc) is 2.41. The highest BCUT2D eigenvalue weighted by molar-refractivity contribution is 5.81. The molecule has 0 bridgehead atoms. The van der Waals surface area contributed by atoms with E-state index in [9.17, 15) is 9.59 Å². The van der Waals surface area contributed by atoms with Gasteiger partial charge < -0.3 is 20.3 Å². The topological polar surface area (TPSA) is 70.7 Å². The number of carbonyl (C=O) groups excluding carboxylic acids is 2. The second kappa shape index (κ2) is 8.22. The van der Waals surface area contributed by atoms with E-state index in [1.807, 2.05) is 32.6 Å². The number of rotatable bonds is 5. The zero-order valence-corrected chi connectivity index (χ0v) is 13.7. The number of likely N-dealkylation sites (tertiary alicyclic amines) is 1. The quantitative estimate of drug-likeness (QED) is 0.755. The first-order chi connectivity index (χ1) is 9.79. The van der Waals surface area contributed by atoms with Gasteiger partial charge in [0.25, 0.3) is 0 Å². The van der Waals surface area contributed by atoms with Gasteiger partial charge in [-0.2, -0.15) is 0 Å². The predicted molar refractivity (Wildman–Crippen MR) is 82.1 cm³/mol. The summed E-state index contributed by atoms with van der Waals surface area (Å²) in [5.74, 6) is 0.145. The summed E-state index contributed by atoms with van der Waals surface area (Å²) in [6, 6.07) is -0.219. The fraction of sp³-hybridized carbons (Fsp3) is 0.867. The molecule has 0 aromatic carbocycles. The number of nitrogens with one attached hydrogen (secondary N) is 2. The highest BCUT2D eigenvalue weighted by atomic mass is 16.6. The van der Waals surface area contributed by atoms with Gasteiger partial charge in [0, 0.05) is 26.2 Å². The maximum Gasteiger partial charge on any atom is 0.407 e. The largest absolute Gasteiger partial charge is 0.444 e. The standard InChI is InChI=1S/C15H29N3O3/c1-12(13(19)18-10-6-5-7-11-18)16-8-9-17-14(20)21-15(2,3)4/h12,16H,5-11H2,1-4H3,(H,17,20). The summed E-state index contributed by atoms with van der Waals surface area (Å²) in [5.41, 5.74) is -0.491. The molecule has 21 heavy (non-hydrogen) atoms. The smallest absolute Gasteiger partial charge is 0.407 e. The molecular weight excluding hydrogens is 270 g/mol. The van der Waals surface area contributed by atoms with Gasteiger partial charge in [0.05, 0.1) is 6.04 Å². The maximum absolute atomic E-state index is 12.2. The molecule has 0 spiro atoms. The van der Waals surface area contributed by atoms with E-state index in [4.69, 9.17) is 4.74 Å². The van der Waals surface area contributed by atoms with E-state index in [-0.39, 0.29) is 11.9 Å². The van der Waals surface area contributed by atoms with E-state index < -0.39 is 11.7 Å². The Balaban J connectivity index is 2.16. The molecule has 6 nitrogen and oxygen atoms in total. The highest BCUT2D eigenvalue weighted by Gasteiger charge is 2.21. The number of nitrogens with zero attached hydrogens (tertiary/aromatic N) is 1. The van der Waals surface area contributed by atoms with Crippen molar-refractivity contribution in [3.8, 4) is 0 Å². The van der Waals surface area contributed by atoms with Gasteiger partial charge in [-0.05, 0) is 47.0 Å². The van der Waals surface area contributed by atoms with Crippen LogP contribution >= 0.6 is 0 Å². The SMILES string of the molecule is CC(NCCNC(=O)OC(C)(C)C)C(=O)N1CCCCC1. The molecule has 0 saturated carbocycles. The van der Waals surface area contributed by atoms with Crippen LogP contribution in [0.1, 0.15) is 47.0 Å². The van der Waals surface area contributed by atoms with Crippen LogP contribution in [0.3, 0.4) is 0 Å². The fourth-order valence-electron chi connectivity index (χ4n) is 2.24. The van der Waals surface area contributed by atoms with Crippen LogP contribution in [0.25, 0.3) is 0 Å². The molecule has 1 heterocycles. The lowest BCUT2D eigenvalue weighted by Gasteiger charge is -2.29. The second-order valence-corrected chi connectivity index (χ2v) is 6.49. The van der Waals surface area contributed by atoms with E-state index >= 15 is 0 Å². The van der Waals surface area contributed by atoms with E-state index in [2.05, 4.69) is 10.6 Å². The number of amides is 2. The number of alkyl carbamates (subject to hydrolysis) is 1. The minimum Gasteiger partial charge on any atom is -0.444 e. The van der Waals surface area contributed by atoms with Crippen LogP contribution in [0.15, 0.2) is 0 Å². The van der Waals surface area contributed by atoms with Crippen LogP contribution < -0.4 is 10.6 Å². The van der Waals surface area contributed by atoms with Gasteiger partial charge in [-0.1, -0.05) is 0 Å². The van der Waals surface area contributed by atoms with Gasteiger partial charge in [-0.15, -0.1) is 0 Å². The Morgan fingerprint density at radius 1 is 1.14 bits per heavy atom. The summed E-state index contributed by atoms with van der Waals surface area (Å²) in [4.78, 5) is 25.5. The Bertz CT molecular complexity index is 347. The molecule has 1 saturated heterocycles. The summed E-state index contributed by atoms with van der Waals surface area (Å²) in [7, 11) is 0. The van der Waals surface area contributed by atoms with Gasteiger partial charge in [0.15, 0.2) is 0 Å². The lowest BCUT2D eigenvalue weighted by atomic mass is 10.1. The molecule has 1 atom stereocenters. The third-order valence-corrected chi connectivity index (χ3v) is 3.28. The normalized spacial score (nSPS) is 17.2. The Kier molecular flexibility index (Phi) is 6.95. The van der Waals surface area contributed by atoms with E-state index in [1.54, 1.807) is 0 Å². The first kappa shape index (κ1) is 17.8. The van der Waals surface area contributed by atoms with Crippen molar-refractivity contribution >= 4 is 12.0 Å². The Labute approximate surface area is 127 Å². The Morgan fingerprint density at radius 2 is 1.76 bits per heavy atom. The molecule has 122 valence electrons. The molecule has 1 rings (SSSR count). The van der Waals surface area contributed by atoms with Gasteiger partial charge in [0.1, 0.15) is 5.60 Å². The third-order valence-electron chi connectivity index (χ3n) is 3.28. The van der Waals surface area contributed by atoms with Crippen molar-refractivity contribution in [2.24, 2.45) is 0 Å². The lowest BCUT2D eigenvalue weighted by Crippen LogP contribution is -2.48. The van der Waals surface area contributed by atoms with E-state index in [1.165, 1.54) is 6.42 Å². The van der Waals surface area contributed by atoms with Crippen molar-refractivity contribution in [3.05, 3.63) is 0 Å². The monoisotopic (exact) mass is 299 g/mol. The molecule has 1 unspecified atom stereocenters. The fourth-order valence-corrected chi connectivity index (χ4v) is 2.24. The molecule has 2 amide bonds. The predicted octanol–water partition coefficient (Wildman–Crippen LogP) is 1.50. The molecule has 1 aliphatic rings. The minimum atomic E-state index is -0.491. The molecule has 1 aliphatic heterocycles. The number of piperidine rings is 1. The lowest BCUT2D eigenvalue weighted by molar-refractivity contribution is -0.133. The number of ether oxygens (including phenoxy) is 1. The Hall–Kier alpha value is -1.30. The van der Waals surface area contributed by atoms with Gasteiger partial charge >= 0.3 is 6.09 Å². The summed E-state index contributed by atoms with van der Waals surface area (Å²) >= 11 is 0. The second-order valence-electron chi connectivity index (χ2n) is 6.49. The van der Waals surface area contributed by atoms with Crippen LogP contribution in [0.4, 0.5) is 4.79 Å². The molecule has 6 heteroatoms. The van der Waals surface area contributed by atoms with Crippen LogP contribution in [0.2, 0.25) is 0 Å². The Morgan fingerprint density at radius 3 is 2.33 bits per heavy atom. The molecule has 0 aromatic heterocycles. The molecule has 0 aromatic rings. The van der Waals surface area contributed by atoms with Gasteiger partial charge in [-0.3, -0.25) is 4.79 Å². The number of hydrogen-bond donors (Lipinski definition) is 2. The summed E-state index contributed by atoms with van der Waals surface area (Å²) in [5, 5.41) is 5.80. The molecule has 2 N–H and O–H groups in total. The van der Waals surface area contributed by atoms with Crippen molar-refractivity contribution in [2.75, 3.05) is 26.2 Å². The average molecular weight is 299 g/mol. The zero-order valence-electron chi connectivity index (χ0n) is 13.7. The van der Waals surface area contributed by atoms with Crippen LogP contribution in [0, 0.1) is 0 Å². The number of carbonyl (C=O) groups is 2. The van der Waals surface area contributed by atoms with Gasteiger partial charge in [0.2, 0.25) is 5.91 Å². The van der Waals surface area contributed by atoms with Crippen LogP contribution in [0.5, 0.6) is 0 Å². The molecule has 0 aliphatic carbocycles. The summed E-state index contributed by atoms with van der Waals surface area (Å²) in [6.07, 6.45) is 2.97. The minimum absolute atomic E-state index is 0.145. The van der Waals surface area contributed by atoms with E-state index in [0.29, 0.717) is 13.1 Å². The van der Waals surface area contributed by atoms with Crippen molar-refractivity contribution in [1.29, 1.82) is 0 Å². The van der Waals surface area contributed by atoms with Crippen molar-refractivity contribution < 1.29 is 14.3 Å². The summed E-state index contributed by atoms with van der Waals surface area (Å²) in [6.45, 7) is 10.0. The van der Waals surface area contributed by atoms with Crippen molar-refractivity contribution in [1.82, 2.24) is 15.5 Å². The van der Waals surface area contributed by atoms with Crippen LogP contribution in [-0.2, 0) is 9.53 Å². The van der Waals surface area contributed by atoms with Crippen molar-refractivity contribution in [3.63, 3.8) is 0 Å². The molecule has 1 fully saturated rings. The molecular formula is C15H29N3O3. The highest BCUT2D eigenvalue weighted by Crippen LogP contribution is 2.09. The van der Waals surface area contributed by atoms with E-state index in [0.717, 1.165) is 25.9 Å². The summed E-state index contributed by atoms with van der Waals surface area (Å²) < 4.78 is 5.13. The first-order valence-electron chi connectivity index (χ1n) is 7.78. The third kappa shape index (κ3) is 7.32. The zero-order chi connectivity index (χ0) is 15.9. The molecule has 0 radical (unpaired) electrons. The van der Waals surface area contributed by atoms with Crippen molar-refractivity contribution in [2.45, 2.75) is 58.6 Å². The van der Waals surface area contributed by atoms with Crippen LogP contribution in [-0.4, -0.2) is 54.7 Å². The maximum atomic E-state index is 12.2.